The van der Waals surface area contributed by atoms with Crippen molar-refractivity contribution < 1.29 is 22.7 Å². The van der Waals surface area contributed by atoms with Crippen molar-refractivity contribution in [2.75, 3.05) is 24.0 Å². The molecular formula is C23H21ClN2O5S. The third-order valence-corrected chi connectivity index (χ3v) is 6.89. The molecule has 32 heavy (non-hydrogen) atoms. The lowest BCUT2D eigenvalue weighted by Gasteiger charge is -2.34. The van der Waals surface area contributed by atoms with Gasteiger partial charge in [-0.3, -0.25) is 9.10 Å². The fraction of sp³-hybridized carbons (Fsp3) is 0.174. The van der Waals surface area contributed by atoms with Crippen LogP contribution in [-0.4, -0.2) is 40.1 Å². The number of hydrogen-bond acceptors (Lipinski definition) is 5. The van der Waals surface area contributed by atoms with Gasteiger partial charge in [0.1, 0.15) is 18.1 Å². The molecular weight excluding hydrogens is 452 g/mol. The molecule has 0 saturated carbocycles. The molecule has 0 radical (unpaired) electrons. The van der Waals surface area contributed by atoms with Gasteiger partial charge in [0, 0.05) is 5.02 Å². The second-order valence-corrected chi connectivity index (χ2v) is 9.32. The quantitative estimate of drug-likeness (QED) is 0.532. The van der Waals surface area contributed by atoms with Crippen molar-refractivity contribution in [3.05, 3.63) is 83.9 Å². The zero-order chi connectivity index (χ0) is 22.6. The zero-order valence-corrected chi connectivity index (χ0v) is 18.6. The highest BCUT2D eigenvalue weighted by Gasteiger charge is 2.37. The number of anilines is 1. The summed E-state index contributed by atoms with van der Waals surface area (Å²) in [4.78, 5) is 12.8. The Bertz CT molecular complexity index is 1190. The van der Waals surface area contributed by atoms with E-state index in [4.69, 9.17) is 21.1 Å². The van der Waals surface area contributed by atoms with Crippen molar-refractivity contribution in [3.8, 4) is 11.5 Å². The van der Waals surface area contributed by atoms with Gasteiger partial charge in [-0.2, -0.15) is 0 Å². The molecule has 1 N–H and O–H groups in total. The average molecular weight is 473 g/mol. The van der Waals surface area contributed by atoms with Crippen LogP contribution in [0.2, 0.25) is 5.02 Å². The first-order valence-electron chi connectivity index (χ1n) is 9.95. The number of nitrogens with zero attached hydrogens (tertiary/aromatic N) is 1. The second kappa shape index (κ2) is 9.50. The molecule has 9 heteroatoms. The van der Waals surface area contributed by atoms with E-state index in [2.05, 4.69) is 5.32 Å². The van der Waals surface area contributed by atoms with Crippen LogP contribution in [0.25, 0.3) is 0 Å². The molecule has 0 fully saturated rings. The third-order valence-electron chi connectivity index (χ3n) is 4.84. The summed E-state index contributed by atoms with van der Waals surface area (Å²) in [7, 11) is -3.93. The molecule has 7 nitrogen and oxygen atoms in total. The molecule has 0 bridgehead atoms. The van der Waals surface area contributed by atoms with E-state index in [9.17, 15) is 13.2 Å². The summed E-state index contributed by atoms with van der Waals surface area (Å²) >= 11 is 5.90. The number of fused-ring (bicyclic) bond motifs is 1. The summed E-state index contributed by atoms with van der Waals surface area (Å²) in [6.07, 6.45) is -1.01. The van der Waals surface area contributed by atoms with E-state index in [1.165, 1.54) is 28.6 Å². The minimum Gasteiger partial charge on any atom is -0.492 e. The van der Waals surface area contributed by atoms with Crippen molar-refractivity contribution >= 4 is 33.2 Å². The van der Waals surface area contributed by atoms with Gasteiger partial charge in [-0.25, -0.2) is 8.42 Å². The first-order valence-corrected chi connectivity index (χ1v) is 11.8. The Morgan fingerprint density at radius 3 is 2.47 bits per heavy atom. The van der Waals surface area contributed by atoms with E-state index in [0.717, 1.165) is 0 Å². The molecule has 1 aliphatic heterocycles. The predicted molar refractivity (Wildman–Crippen MR) is 122 cm³/mol. The Morgan fingerprint density at radius 1 is 1.03 bits per heavy atom. The van der Waals surface area contributed by atoms with E-state index in [-0.39, 0.29) is 24.6 Å². The minimum absolute atomic E-state index is 0.0778. The fourth-order valence-electron chi connectivity index (χ4n) is 3.27. The van der Waals surface area contributed by atoms with E-state index in [1.54, 1.807) is 24.3 Å². The Hall–Kier alpha value is -3.23. The molecule has 1 amide bonds. The molecule has 1 atom stereocenters. The van der Waals surface area contributed by atoms with Crippen LogP contribution in [0, 0.1) is 0 Å². The van der Waals surface area contributed by atoms with Gasteiger partial charge in [-0.05, 0) is 48.5 Å². The maximum atomic E-state index is 13.3. The Labute approximate surface area is 191 Å². The number of ether oxygens (including phenoxy) is 2. The molecule has 0 saturated heterocycles. The van der Waals surface area contributed by atoms with Crippen LogP contribution in [0.4, 0.5) is 5.69 Å². The van der Waals surface area contributed by atoms with Gasteiger partial charge in [0.15, 0.2) is 6.10 Å². The van der Waals surface area contributed by atoms with Crippen molar-refractivity contribution in [1.82, 2.24) is 5.32 Å². The number of halogens is 1. The standard InChI is InChI=1S/C23H21ClN2O5S/c24-17-10-12-19(13-11-17)32(28,29)26-16-22(31-21-9-5-4-8-20(21)26)23(27)25-14-15-30-18-6-2-1-3-7-18/h1-13,22H,14-16H2,(H,25,27)/t22-/m1/s1. The van der Waals surface area contributed by atoms with Crippen molar-refractivity contribution in [2.45, 2.75) is 11.0 Å². The monoisotopic (exact) mass is 472 g/mol. The van der Waals surface area contributed by atoms with Crippen LogP contribution in [0.15, 0.2) is 83.8 Å². The Morgan fingerprint density at radius 2 is 1.72 bits per heavy atom. The summed E-state index contributed by atoms with van der Waals surface area (Å²) in [6.45, 7) is 0.359. The zero-order valence-electron chi connectivity index (χ0n) is 17.0. The smallest absolute Gasteiger partial charge is 0.264 e. The summed E-state index contributed by atoms with van der Waals surface area (Å²) in [5.74, 6) is 0.592. The first-order chi connectivity index (χ1) is 15.4. The normalized spacial score (nSPS) is 15.4. The number of amides is 1. The van der Waals surface area contributed by atoms with Gasteiger partial charge in [0.05, 0.1) is 23.7 Å². The largest absolute Gasteiger partial charge is 0.492 e. The van der Waals surface area contributed by atoms with Gasteiger partial charge in [-0.1, -0.05) is 41.9 Å². The van der Waals surface area contributed by atoms with Crippen LogP contribution in [-0.2, 0) is 14.8 Å². The number of sulfonamides is 1. The third kappa shape index (κ3) is 4.81. The van der Waals surface area contributed by atoms with E-state index < -0.39 is 22.0 Å². The number of carbonyl (C=O) groups is 1. The Balaban J connectivity index is 1.48. The molecule has 1 heterocycles. The molecule has 166 valence electrons. The van der Waals surface area contributed by atoms with Gasteiger partial charge < -0.3 is 14.8 Å². The molecule has 0 unspecified atom stereocenters. The maximum Gasteiger partial charge on any atom is 0.264 e. The fourth-order valence-corrected chi connectivity index (χ4v) is 4.88. The maximum absolute atomic E-state index is 13.3. The molecule has 1 aliphatic rings. The van der Waals surface area contributed by atoms with E-state index in [1.807, 2.05) is 30.3 Å². The van der Waals surface area contributed by atoms with Crippen LogP contribution in [0.3, 0.4) is 0 Å². The summed E-state index contributed by atoms with van der Waals surface area (Å²) in [5.41, 5.74) is 0.374. The SMILES string of the molecule is O=C(NCCOc1ccccc1)[C@H]1CN(S(=O)(=O)c2ccc(Cl)cc2)c2ccccc2O1. The van der Waals surface area contributed by atoms with Crippen LogP contribution >= 0.6 is 11.6 Å². The number of nitrogens with one attached hydrogen (secondary N) is 1. The Kier molecular flexibility index (Phi) is 6.53. The minimum atomic E-state index is -3.93. The molecule has 3 aromatic carbocycles. The highest BCUT2D eigenvalue weighted by molar-refractivity contribution is 7.92. The van der Waals surface area contributed by atoms with Crippen molar-refractivity contribution in [2.24, 2.45) is 0 Å². The number of para-hydroxylation sites is 3. The summed E-state index contributed by atoms with van der Waals surface area (Å²) in [5, 5.41) is 3.18. The predicted octanol–water partition coefficient (Wildman–Crippen LogP) is 3.49. The number of hydrogen-bond donors (Lipinski definition) is 1. The van der Waals surface area contributed by atoms with Crippen LogP contribution in [0.1, 0.15) is 0 Å². The summed E-state index contributed by atoms with van der Waals surface area (Å²) in [6, 6.07) is 21.9. The number of carbonyl (C=O) groups excluding carboxylic acids is 1. The van der Waals surface area contributed by atoms with Gasteiger partial charge in [-0.15, -0.1) is 0 Å². The van der Waals surface area contributed by atoms with Crippen molar-refractivity contribution in [3.63, 3.8) is 0 Å². The van der Waals surface area contributed by atoms with E-state index >= 15 is 0 Å². The number of rotatable bonds is 7. The molecule has 3 aromatic rings. The lowest BCUT2D eigenvalue weighted by molar-refractivity contribution is -0.127. The molecule has 0 aromatic heterocycles. The highest BCUT2D eigenvalue weighted by Crippen LogP contribution is 2.36. The highest BCUT2D eigenvalue weighted by atomic mass is 35.5. The van der Waals surface area contributed by atoms with E-state index in [0.29, 0.717) is 22.2 Å². The first kappa shape index (κ1) is 22.0. The lowest BCUT2D eigenvalue weighted by atomic mass is 10.2. The molecule has 0 spiro atoms. The van der Waals surface area contributed by atoms with Gasteiger partial charge in [0.25, 0.3) is 15.9 Å². The second-order valence-electron chi connectivity index (χ2n) is 7.02. The van der Waals surface area contributed by atoms with Crippen molar-refractivity contribution in [1.29, 1.82) is 0 Å². The van der Waals surface area contributed by atoms with Gasteiger partial charge in [0.2, 0.25) is 0 Å². The summed E-state index contributed by atoms with van der Waals surface area (Å²) < 4.78 is 39.2. The average Bonchev–Trinajstić information content (AvgIpc) is 2.82. The topological polar surface area (TPSA) is 84.9 Å². The van der Waals surface area contributed by atoms with Gasteiger partial charge >= 0.3 is 0 Å². The molecule has 0 aliphatic carbocycles. The molecule has 4 rings (SSSR count). The van der Waals surface area contributed by atoms with Crippen LogP contribution in [0.5, 0.6) is 11.5 Å². The number of benzene rings is 3. The van der Waals surface area contributed by atoms with Crippen LogP contribution < -0.4 is 19.1 Å². The lowest BCUT2D eigenvalue weighted by Crippen LogP contribution is -2.51.